The van der Waals surface area contributed by atoms with Gasteiger partial charge < -0.3 is 0 Å². The number of aromatic nitrogens is 6. The zero-order valence-corrected chi connectivity index (χ0v) is 21.9. The third-order valence-corrected chi connectivity index (χ3v) is 7.02. The van der Waals surface area contributed by atoms with Gasteiger partial charge in [0.15, 0.2) is 0 Å². The van der Waals surface area contributed by atoms with Crippen LogP contribution < -0.4 is 5.69 Å². The Hall–Kier alpha value is -3.78. The number of H-pyrrole nitrogens is 1. The zero-order valence-electron chi connectivity index (χ0n) is 20.3. The summed E-state index contributed by atoms with van der Waals surface area (Å²) in [4.78, 5) is 13.6. The van der Waals surface area contributed by atoms with Crippen LogP contribution in [0.4, 0.5) is 0 Å². The predicted molar refractivity (Wildman–Crippen MR) is 145 cm³/mol. The average Bonchev–Trinajstić information content (AvgIpc) is 3.54. The van der Waals surface area contributed by atoms with Gasteiger partial charge in [0.2, 0.25) is 5.82 Å². The highest BCUT2D eigenvalue weighted by molar-refractivity contribution is 9.10. The number of para-hydroxylation sites is 1. The SMILES string of the molecule is CCCc1cn(-c2c(Br)cccc2CC)c(=O)n1Cc1ccc(-c2ccccc2-c2nn[nH]n2)cc1. The molecule has 2 aromatic heterocycles. The van der Waals surface area contributed by atoms with Crippen LogP contribution in [0.2, 0.25) is 0 Å². The summed E-state index contributed by atoms with van der Waals surface area (Å²) in [6.07, 6.45) is 4.65. The Bertz CT molecular complexity index is 1530. The fraction of sp³-hybridized carbons (Fsp3) is 0.214. The van der Waals surface area contributed by atoms with E-state index in [2.05, 4.69) is 80.7 Å². The molecule has 182 valence electrons. The first kappa shape index (κ1) is 23.9. The van der Waals surface area contributed by atoms with Crippen molar-refractivity contribution >= 4 is 15.9 Å². The van der Waals surface area contributed by atoms with E-state index < -0.39 is 0 Å². The predicted octanol–water partition coefficient (Wildman–Crippen LogP) is 5.81. The number of rotatable bonds is 8. The van der Waals surface area contributed by atoms with Crippen LogP contribution in [0.5, 0.6) is 0 Å². The summed E-state index contributed by atoms with van der Waals surface area (Å²) in [6, 6.07) is 22.4. The fourth-order valence-corrected chi connectivity index (χ4v) is 5.20. The van der Waals surface area contributed by atoms with Crippen LogP contribution in [-0.2, 0) is 19.4 Å². The minimum Gasteiger partial charge on any atom is -0.292 e. The molecule has 5 aromatic rings. The number of benzene rings is 3. The van der Waals surface area contributed by atoms with Gasteiger partial charge in [-0.15, -0.1) is 10.2 Å². The number of nitrogens with zero attached hydrogens (tertiary/aromatic N) is 5. The molecule has 0 bridgehead atoms. The third-order valence-electron chi connectivity index (χ3n) is 6.38. The summed E-state index contributed by atoms with van der Waals surface area (Å²) in [5.41, 5.74) is 7.14. The van der Waals surface area contributed by atoms with Crippen molar-refractivity contribution in [1.82, 2.24) is 29.8 Å². The van der Waals surface area contributed by atoms with Crippen molar-refractivity contribution in [3.63, 3.8) is 0 Å². The Labute approximate surface area is 218 Å². The van der Waals surface area contributed by atoms with E-state index in [1.54, 1.807) is 4.57 Å². The third kappa shape index (κ3) is 4.56. The van der Waals surface area contributed by atoms with E-state index in [9.17, 15) is 4.79 Å². The smallest absolute Gasteiger partial charge is 0.292 e. The Morgan fingerprint density at radius 1 is 0.944 bits per heavy atom. The highest BCUT2D eigenvalue weighted by atomic mass is 79.9. The minimum atomic E-state index is -0.0217. The molecule has 8 heteroatoms. The molecular weight excluding hydrogens is 516 g/mol. The first-order chi connectivity index (χ1) is 17.6. The Balaban J connectivity index is 1.50. The maximum absolute atomic E-state index is 13.6. The molecule has 1 N–H and O–H groups in total. The van der Waals surface area contributed by atoms with Crippen LogP contribution in [0.15, 0.2) is 82.2 Å². The van der Waals surface area contributed by atoms with E-state index in [1.165, 1.54) is 0 Å². The fourth-order valence-electron chi connectivity index (χ4n) is 4.60. The topological polar surface area (TPSA) is 81.4 Å². The molecule has 3 aromatic carbocycles. The summed E-state index contributed by atoms with van der Waals surface area (Å²) in [6.45, 7) is 4.76. The average molecular weight is 543 g/mol. The Kier molecular flexibility index (Phi) is 6.95. The van der Waals surface area contributed by atoms with Crippen LogP contribution in [-0.4, -0.2) is 29.8 Å². The molecule has 7 nitrogen and oxygen atoms in total. The molecule has 5 rings (SSSR count). The number of aromatic amines is 1. The Morgan fingerprint density at radius 2 is 1.72 bits per heavy atom. The lowest BCUT2D eigenvalue weighted by atomic mass is 9.98. The summed E-state index contributed by atoms with van der Waals surface area (Å²) in [7, 11) is 0. The molecule has 0 saturated heterocycles. The summed E-state index contributed by atoms with van der Waals surface area (Å²) >= 11 is 3.66. The van der Waals surface area contributed by atoms with Gasteiger partial charge in [-0.2, -0.15) is 5.21 Å². The van der Waals surface area contributed by atoms with Gasteiger partial charge in [0.1, 0.15) is 0 Å². The molecule has 36 heavy (non-hydrogen) atoms. The van der Waals surface area contributed by atoms with Crippen molar-refractivity contribution in [3.8, 4) is 28.2 Å². The molecule has 0 radical (unpaired) electrons. The second kappa shape index (κ2) is 10.5. The van der Waals surface area contributed by atoms with E-state index in [4.69, 9.17) is 0 Å². The van der Waals surface area contributed by atoms with E-state index in [0.717, 1.165) is 62.9 Å². The van der Waals surface area contributed by atoms with Crippen LogP contribution in [0.1, 0.15) is 37.1 Å². The van der Waals surface area contributed by atoms with E-state index in [0.29, 0.717) is 12.4 Å². The molecule has 0 aliphatic heterocycles. The molecule has 0 amide bonds. The van der Waals surface area contributed by atoms with Crippen molar-refractivity contribution in [2.24, 2.45) is 0 Å². The number of halogens is 1. The lowest BCUT2D eigenvalue weighted by Gasteiger charge is -2.11. The standard InChI is InChI=1S/C28H27BrN6O/c1-3-8-22-18-35(26-20(4-2)9-7-12-25(26)29)28(36)34(22)17-19-13-15-21(16-14-19)23-10-5-6-11-24(23)27-30-32-33-31-27/h5-7,9-16,18H,3-4,8,17H2,1-2H3,(H,30,31,32,33). The second-order valence-corrected chi connectivity index (χ2v) is 9.54. The van der Waals surface area contributed by atoms with Crippen molar-refractivity contribution in [2.75, 3.05) is 0 Å². The lowest BCUT2D eigenvalue weighted by molar-refractivity contribution is 0.691. The minimum absolute atomic E-state index is 0.0217. The van der Waals surface area contributed by atoms with Crippen LogP contribution in [0.25, 0.3) is 28.2 Å². The normalized spacial score (nSPS) is 11.2. The van der Waals surface area contributed by atoms with Crippen LogP contribution >= 0.6 is 15.9 Å². The number of imidazole rings is 1. The summed E-state index contributed by atoms with van der Waals surface area (Å²) < 4.78 is 4.61. The number of nitrogens with one attached hydrogen (secondary N) is 1. The van der Waals surface area contributed by atoms with E-state index in [1.807, 2.05) is 47.2 Å². The van der Waals surface area contributed by atoms with Gasteiger partial charge in [0.25, 0.3) is 0 Å². The molecule has 0 aliphatic carbocycles. The molecular formula is C28H27BrN6O. The number of hydrogen-bond donors (Lipinski definition) is 1. The lowest BCUT2D eigenvalue weighted by Crippen LogP contribution is -2.25. The molecule has 0 saturated carbocycles. The summed E-state index contributed by atoms with van der Waals surface area (Å²) in [5.74, 6) is 0.560. The number of tetrazole rings is 1. The van der Waals surface area contributed by atoms with Crippen LogP contribution in [0.3, 0.4) is 0 Å². The maximum Gasteiger partial charge on any atom is 0.333 e. The van der Waals surface area contributed by atoms with E-state index in [-0.39, 0.29) is 5.69 Å². The highest BCUT2D eigenvalue weighted by Crippen LogP contribution is 2.30. The van der Waals surface area contributed by atoms with Crippen LogP contribution in [0, 0.1) is 0 Å². The molecule has 2 heterocycles. The van der Waals surface area contributed by atoms with Gasteiger partial charge in [-0.1, -0.05) is 80.9 Å². The second-order valence-electron chi connectivity index (χ2n) is 8.69. The van der Waals surface area contributed by atoms with Gasteiger partial charge >= 0.3 is 5.69 Å². The molecule has 0 atom stereocenters. The summed E-state index contributed by atoms with van der Waals surface area (Å²) in [5, 5.41) is 14.5. The first-order valence-electron chi connectivity index (χ1n) is 12.1. The largest absolute Gasteiger partial charge is 0.333 e. The van der Waals surface area contributed by atoms with Crippen molar-refractivity contribution in [1.29, 1.82) is 0 Å². The molecule has 0 spiro atoms. The van der Waals surface area contributed by atoms with Gasteiger partial charge in [0.05, 0.1) is 12.2 Å². The van der Waals surface area contributed by atoms with Gasteiger partial charge in [-0.25, -0.2) is 4.79 Å². The first-order valence-corrected chi connectivity index (χ1v) is 12.9. The Morgan fingerprint density at radius 3 is 2.42 bits per heavy atom. The van der Waals surface area contributed by atoms with Gasteiger partial charge in [0, 0.05) is 21.9 Å². The number of hydrogen-bond acceptors (Lipinski definition) is 4. The molecule has 0 fully saturated rings. The van der Waals surface area contributed by atoms with Crippen molar-refractivity contribution in [2.45, 2.75) is 39.7 Å². The van der Waals surface area contributed by atoms with Crippen molar-refractivity contribution in [3.05, 3.63) is 105 Å². The molecule has 0 aliphatic rings. The highest BCUT2D eigenvalue weighted by Gasteiger charge is 2.17. The van der Waals surface area contributed by atoms with Gasteiger partial charge in [-0.05, 0) is 62.3 Å². The number of aryl methyl sites for hydroxylation is 2. The van der Waals surface area contributed by atoms with Gasteiger partial charge in [-0.3, -0.25) is 9.13 Å². The molecule has 0 unspecified atom stereocenters. The zero-order chi connectivity index (χ0) is 25.1. The van der Waals surface area contributed by atoms with Crippen molar-refractivity contribution < 1.29 is 0 Å². The quantitative estimate of drug-likeness (QED) is 0.268. The monoisotopic (exact) mass is 542 g/mol. The maximum atomic E-state index is 13.6. The van der Waals surface area contributed by atoms with E-state index >= 15 is 0 Å².